The molecular formula is C22H19ClN2O2S. The topological polar surface area (TPSA) is 58.2 Å². The molecule has 0 aliphatic rings. The van der Waals surface area contributed by atoms with Crippen molar-refractivity contribution >= 4 is 35.2 Å². The van der Waals surface area contributed by atoms with Crippen LogP contribution in [0.25, 0.3) is 0 Å². The molecule has 142 valence electrons. The molecule has 2 amide bonds. The smallest absolute Gasteiger partial charge is 0.269 e. The van der Waals surface area contributed by atoms with Crippen LogP contribution in [0.1, 0.15) is 26.7 Å². The highest BCUT2D eigenvalue weighted by atomic mass is 35.5. The van der Waals surface area contributed by atoms with Crippen LogP contribution in [0.15, 0.2) is 84.9 Å². The zero-order valence-corrected chi connectivity index (χ0v) is 16.5. The fourth-order valence-electron chi connectivity index (χ4n) is 2.63. The summed E-state index contributed by atoms with van der Waals surface area (Å²) >= 11 is 7.48. The van der Waals surface area contributed by atoms with E-state index < -0.39 is 0 Å². The molecule has 6 heteroatoms. The molecule has 0 heterocycles. The summed E-state index contributed by atoms with van der Waals surface area (Å²) in [7, 11) is 0. The molecule has 4 nitrogen and oxygen atoms in total. The van der Waals surface area contributed by atoms with Crippen LogP contribution in [-0.4, -0.2) is 17.6 Å². The van der Waals surface area contributed by atoms with E-state index in [1.165, 1.54) is 11.8 Å². The number of nitrogens with one attached hydrogen (secondary N) is 2. The van der Waals surface area contributed by atoms with Crippen LogP contribution in [0.5, 0.6) is 0 Å². The van der Waals surface area contributed by atoms with Crippen molar-refractivity contribution < 1.29 is 9.59 Å². The highest BCUT2D eigenvalue weighted by Crippen LogP contribution is 2.35. The Kier molecular flexibility index (Phi) is 7.12. The maximum atomic E-state index is 12.2. The average molecular weight is 411 g/mol. The maximum Gasteiger partial charge on any atom is 0.269 e. The van der Waals surface area contributed by atoms with Gasteiger partial charge in [0.2, 0.25) is 5.91 Å². The summed E-state index contributed by atoms with van der Waals surface area (Å²) in [5, 5.41) is 0.649. The van der Waals surface area contributed by atoms with E-state index >= 15 is 0 Å². The van der Waals surface area contributed by atoms with E-state index in [0.29, 0.717) is 10.6 Å². The number of rotatable bonds is 6. The van der Waals surface area contributed by atoms with Crippen molar-refractivity contribution in [3.8, 4) is 0 Å². The van der Waals surface area contributed by atoms with Crippen molar-refractivity contribution in [1.82, 2.24) is 10.9 Å². The van der Waals surface area contributed by atoms with Gasteiger partial charge in [0, 0.05) is 10.6 Å². The predicted molar refractivity (Wildman–Crippen MR) is 114 cm³/mol. The van der Waals surface area contributed by atoms with Gasteiger partial charge in [-0.15, -0.1) is 11.8 Å². The second-order valence-electron chi connectivity index (χ2n) is 6.02. The standard InChI is InChI=1S/C22H19ClN2O2S/c23-19-13-11-17(12-14-19)21(16-7-3-1-4-8-16)28-15-20(26)24-25-22(27)18-9-5-2-6-10-18/h1-14,21H,15H2,(H,24,26)(H,25,27)/t21-/m1/s1. The van der Waals surface area contributed by atoms with E-state index in [4.69, 9.17) is 11.6 Å². The summed E-state index contributed by atoms with van der Waals surface area (Å²) in [5.41, 5.74) is 7.54. The van der Waals surface area contributed by atoms with Gasteiger partial charge in [0.05, 0.1) is 11.0 Å². The van der Waals surface area contributed by atoms with E-state index in [9.17, 15) is 9.59 Å². The van der Waals surface area contributed by atoms with Crippen molar-refractivity contribution in [3.05, 3.63) is 107 Å². The van der Waals surface area contributed by atoms with Crippen LogP contribution < -0.4 is 10.9 Å². The van der Waals surface area contributed by atoms with Crippen LogP contribution in [0.3, 0.4) is 0 Å². The van der Waals surface area contributed by atoms with Gasteiger partial charge in [-0.2, -0.15) is 0 Å². The first-order valence-electron chi connectivity index (χ1n) is 8.70. The SMILES string of the molecule is O=C(CS[C@H](c1ccccc1)c1ccc(Cl)cc1)NNC(=O)c1ccccc1. The largest absolute Gasteiger partial charge is 0.272 e. The summed E-state index contributed by atoms with van der Waals surface area (Å²) < 4.78 is 0. The Morgan fingerprint density at radius 3 is 2.00 bits per heavy atom. The molecule has 2 N–H and O–H groups in total. The number of amides is 2. The Morgan fingerprint density at radius 1 is 0.786 bits per heavy atom. The summed E-state index contributed by atoms with van der Waals surface area (Å²) in [6, 6.07) is 26.3. The Bertz CT molecular complexity index is 918. The van der Waals surface area contributed by atoms with Crippen molar-refractivity contribution in [2.45, 2.75) is 5.25 Å². The molecule has 0 saturated heterocycles. The second kappa shape index (κ2) is 9.97. The minimum atomic E-state index is -0.351. The molecule has 0 aromatic heterocycles. The molecule has 0 spiro atoms. The summed E-state index contributed by atoms with van der Waals surface area (Å²) in [4.78, 5) is 24.2. The number of halogens is 1. The van der Waals surface area contributed by atoms with E-state index in [2.05, 4.69) is 10.9 Å². The Labute approximate surface area is 173 Å². The molecule has 0 aliphatic carbocycles. The number of carbonyl (C=O) groups is 2. The zero-order chi connectivity index (χ0) is 19.8. The van der Waals surface area contributed by atoms with Gasteiger partial charge >= 0.3 is 0 Å². The van der Waals surface area contributed by atoms with Crippen molar-refractivity contribution in [1.29, 1.82) is 0 Å². The van der Waals surface area contributed by atoms with Gasteiger partial charge in [-0.3, -0.25) is 20.4 Å². The molecule has 3 rings (SSSR count). The molecule has 3 aromatic carbocycles. The molecule has 0 unspecified atom stereocenters. The van der Waals surface area contributed by atoms with Gasteiger partial charge in [0.1, 0.15) is 0 Å². The lowest BCUT2D eigenvalue weighted by molar-refractivity contribution is -0.119. The first kappa shape index (κ1) is 20.0. The van der Waals surface area contributed by atoms with Gasteiger partial charge in [0.25, 0.3) is 5.91 Å². The number of hydrazine groups is 1. The van der Waals surface area contributed by atoms with E-state index in [0.717, 1.165) is 11.1 Å². The predicted octanol–water partition coefficient (Wildman–Crippen LogP) is 4.62. The molecule has 0 fully saturated rings. The number of hydrogen-bond acceptors (Lipinski definition) is 3. The van der Waals surface area contributed by atoms with Gasteiger partial charge in [-0.1, -0.05) is 72.3 Å². The van der Waals surface area contributed by atoms with Gasteiger partial charge < -0.3 is 0 Å². The fraction of sp³-hybridized carbons (Fsp3) is 0.0909. The summed E-state index contributed by atoms with van der Waals surface area (Å²) in [6.45, 7) is 0. The van der Waals surface area contributed by atoms with Gasteiger partial charge in [-0.05, 0) is 35.4 Å². The zero-order valence-electron chi connectivity index (χ0n) is 15.0. The minimum Gasteiger partial charge on any atom is -0.272 e. The lowest BCUT2D eigenvalue weighted by Gasteiger charge is -2.18. The Hall–Kier alpha value is -2.76. The molecule has 0 aliphatic heterocycles. The van der Waals surface area contributed by atoms with Crippen molar-refractivity contribution in [3.63, 3.8) is 0 Å². The maximum absolute atomic E-state index is 12.2. The third-order valence-corrected chi connectivity index (χ3v) is 5.57. The van der Waals surface area contributed by atoms with E-state index in [1.54, 1.807) is 24.3 Å². The third kappa shape index (κ3) is 5.62. The molecule has 3 aromatic rings. The summed E-state index contributed by atoms with van der Waals surface area (Å²) in [5.74, 6) is -0.433. The second-order valence-corrected chi connectivity index (χ2v) is 7.55. The monoisotopic (exact) mass is 410 g/mol. The van der Waals surface area contributed by atoms with Crippen LogP contribution in [0, 0.1) is 0 Å². The van der Waals surface area contributed by atoms with E-state index in [-0.39, 0.29) is 22.8 Å². The van der Waals surface area contributed by atoms with Gasteiger partial charge in [0.15, 0.2) is 0 Å². The normalized spacial score (nSPS) is 11.5. The quantitative estimate of drug-likeness (QED) is 0.583. The average Bonchev–Trinajstić information content (AvgIpc) is 2.75. The molecule has 1 atom stereocenters. The van der Waals surface area contributed by atoms with Crippen LogP contribution >= 0.6 is 23.4 Å². The highest BCUT2D eigenvalue weighted by Gasteiger charge is 2.17. The minimum absolute atomic E-state index is 0.0194. The van der Waals surface area contributed by atoms with E-state index in [1.807, 2.05) is 60.7 Å². The first-order chi connectivity index (χ1) is 13.6. The number of benzene rings is 3. The molecule has 0 saturated carbocycles. The molecule has 0 radical (unpaired) electrons. The van der Waals surface area contributed by atoms with Crippen molar-refractivity contribution in [2.24, 2.45) is 0 Å². The molecular weight excluding hydrogens is 392 g/mol. The molecule has 0 bridgehead atoms. The number of thioether (sulfide) groups is 1. The first-order valence-corrected chi connectivity index (χ1v) is 10.1. The lowest BCUT2D eigenvalue weighted by atomic mass is 10.0. The van der Waals surface area contributed by atoms with Crippen LogP contribution in [0.2, 0.25) is 5.02 Å². The Morgan fingerprint density at radius 2 is 1.36 bits per heavy atom. The fourth-order valence-corrected chi connectivity index (χ4v) is 3.85. The van der Waals surface area contributed by atoms with Gasteiger partial charge in [-0.25, -0.2) is 0 Å². The third-order valence-electron chi connectivity index (χ3n) is 4.01. The number of hydrogen-bond donors (Lipinski definition) is 2. The highest BCUT2D eigenvalue weighted by molar-refractivity contribution is 8.00. The lowest BCUT2D eigenvalue weighted by Crippen LogP contribution is -2.42. The van der Waals surface area contributed by atoms with Crippen molar-refractivity contribution in [2.75, 3.05) is 5.75 Å². The molecule has 28 heavy (non-hydrogen) atoms. The number of carbonyl (C=O) groups excluding carboxylic acids is 2. The Balaban J connectivity index is 1.61. The van der Waals surface area contributed by atoms with Crippen LogP contribution in [0.4, 0.5) is 0 Å². The van der Waals surface area contributed by atoms with Crippen LogP contribution in [-0.2, 0) is 4.79 Å². The summed E-state index contributed by atoms with van der Waals surface area (Å²) in [6.07, 6.45) is 0.